The molecule has 10 rings (SSSR count). The molecule has 0 unspecified atom stereocenters. The minimum absolute atomic E-state index is 0.0789. The van der Waals surface area contributed by atoms with Gasteiger partial charge in [0.05, 0.1) is 44.5 Å². The van der Waals surface area contributed by atoms with Crippen LogP contribution in [-0.2, 0) is 33.1 Å². The van der Waals surface area contributed by atoms with Gasteiger partial charge < -0.3 is 20.6 Å². The summed E-state index contributed by atoms with van der Waals surface area (Å²) in [7, 11) is -7.72. The van der Waals surface area contributed by atoms with Gasteiger partial charge in [0.2, 0.25) is 31.9 Å². The first-order chi connectivity index (χ1) is 31.6. The van der Waals surface area contributed by atoms with Crippen LogP contribution >= 0.6 is 0 Å². The Morgan fingerprint density at radius 3 is 1.42 bits per heavy atom. The number of primary sulfonamides is 2. The third-order valence-corrected chi connectivity index (χ3v) is 13.3. The lowest BCUT2D eigenvalue weighted by Crippen LogP contribution is -2.13. The summed E-state index contributed by atoms with van der Waals surface area (Å²) in [5.41, 5.74) is 19.7. The van der Waals surface area contributed by atoms with Crippen molar-refractivity contribution in [3.8, 4) is 22.3 Å². The standard InChI is InChI=1S/2C25H20N4O3S/c26-25(30)19-8-7-17-6-5-16(11-20(17)12-19)14-29-15-28-22-13-18(9-10-23(22)29)21-3-1-2-4-24(21)33(27,31)32;26-25(30)19-8-7-17-6-5-16(11-20(17)12-19)14-29-15-28-22-10-9-18(13-23(22)29)21-3-1-2-4-24(21)33(27,31)32/h2*1-13,15H,14H2,(H2,26,30)(H2,27,31,32). The van der Waals surface area contributed by atoms with Crippen LogP contribution in [-0.4, -0.2) is 47.8 Å². The second-order valence-electron chi connectivity index (χ2n) is 15.8. The van der Waals surface area contributed by atoms with Crippen LogP contribution < -0.4 is 21.7 Å². The molecule has 0 saturated heterocycles. The summed E-state index contributed by atoms with van der Waals surface area (Å²) >= 11 is 0. The molecule has 66 heavy (non-hydrogen) atoms. The Kier molecular flexibility index (Phi) is 11.2. The monoisotopic (exact) mass is 912 g/mol. The van der Waals surface area contributed by atoms with Crippen molar-refractivity contribution >= 4 is 75.5 Å². The van der Waals surface area contributed by atoms with Gasteiger partial charge in [-0.1, -0.05) is 84.9 Å². The second kappa shape index (κ2) is 17.2. The van der Waals surface area contributed by atoms with Gasteiger partial charge in [-0.15, -0.1) is 0 Å². The third-order valence-electron chi connectivity index (χ3n) is 11.3. The summed E-state index contributed by atoms with van der Waals surface area (Å²) in [6.45, 7) is 1.13. The number of carbonyl (C=O) groups excluding carboxylic acids is 2. The first-order valence-electron chi connectivity index (χ1n) is 20.4. The molecular formula is C50H40N8O6S2. The van der Waals surface area contributed by atoms with Crippen LogP contribution in [0.5, 0.6) is 0 Å². The van der Waals surface area contributed by atoms with Gasteiger partial charge in [0.1, 0.15) is 0 Å². The zero-order valence-corrected chi connectivity index (χ0v) is 36.6. The number of nitrogens with two attached hydrogens (primary N) is 4. The maximum atomic E-state index is 12.1. The number of sulfonamides is 2. The molecule has 2 amide bonds. The maximum absolute atomic E-state index is 12.1. The van der Waals surface area contributed by atoms with Crippen molar-refractivity contribution in [3.05, 3.63) is 193 Å². The summed E-state index contributed by atoms with van der Waals surface area (Å²) in [5.74, 6) is -0.919. The largest absolute Gasteiger partial charge is 0.366 e. The van der Waals surface area contributed by atoms with Gasteiger partial charge in [0.15, 0.2) is 0 Å². The average molecular weight is 913 g/mol. The van der Waals surface area contributed by atoms with Gasteiger partial charge in [-0.2, -0.15) is 0 Å². The average Bonchev–Trinajstić information content (AvgIpc) is 3.90. The molecule has 0 spiro atoms. The van der Waals surface area contributed by atoms with Crippen LogP contribution in [0.2, 0.25) is 0 Å². The zero-order valence-electron chi connectivity index (χ0n) is 34.9. The van der Waals surface area contributed by atoms with Crippen LogP contribution in [0.1, 0.15) is 31.8 Å². The molecule has 8 aromatic carbocycles. The van der Waals surface area contributed by atoms with Gasteiger partial charge in [-0.3, -0.25) is 9.59 Å². The van der Waals surface area contributed by atoms with Crippen LogP contribution in [0, 0.1) is 0 Å². The Morgan fingerprint density at radius 2 is 0.909 bits per heavy atom. The number of benzene rings is 8. The van der Waals surface area contributed by atoms with Gasteiger partial charge >= 0.3 is 0 Å². The van der Waals surface area contributed by atoms with E-state index in [1.54, 1.807) is 73.3 Å². The van der Waals surface area contributed by atoms with Crippen molar-refractivity contribution in [1.29, 1.82) is 0 Å². The quantitative estimate of drug-likeness (QED) is 0.108. The molecule has 10 aromatic rings. The zero-order chi connectivity index (χ0) is 46.3. The molecule has 0 aliphatic carbocycles. The van der Waals surface area contributed by atoms with Crippen LogP contribution in [0.4, 0.5) is 0 Å². The minimum Gasteiger partial charge on any atom is -0.366 e. The molecule has 0 bridgehead atoms. The molecule has 0 radical (unpaired) electrons. The summed E-state index contributed by atoms with van der Waals surface area (Å²) in [5, 5.41) is 14.7. The van der Waals surface area contributed by atoms with E-state index in [-0.39, 0.29) is 9.79 Å². The first-order valence-corrected chi connectivity index (χ1v) is 23.5. The van der Waals surface area contributed by atoms with Crippen molar-refractivity contribution in [1.82, 2.24) is 19.1 Å². The molecule has 0 aliphatic rings. The Bertz CT molecular complexity index is 3810. The van der Waals surface area contributed by atoms with Crippen LogP contribution in [0.15, 0.2) is 180 Å². The third kappa shape index (κ3) is 8.89. The van der Waals surface area contributed by atoms with Crippen molar-refractivity contribution in [2.45, 2.75) is 22.9 Å². The molecule has 0 fully saturated rings. The highest BCUT2D eigenvalue weighted by Gasteiger charge is 2.18. The number of aromatic nitrogens is 4. The highest BCUT2D eigenvalue weighted by atomic mass is 32.2. The van der Waals surface area contributed by atoms with Gasteiger partial charge in [0.25, 0.3) is 0 Å². The number of imidazole rings is 2. The fourth-order valence-corrected chi connectivity index (χ4v) is 9.62. The normalized spacial score (nSPS) is 11.8. The topological polar surface area (TPSA) is 242 Å². The fourth-order valence-electron chi connectivity index (χ4n) is 8.10. The van der Waals surface area contributed by atoms with E-state index in [9.17, 15) is 26.4 Å². The predicted octanol–water partition coefficient (Wildman–Crippen LogP) is 7.30. The number of amides is 2. The molecule has 16 heteroatoms. The number of primary amides is 2. The minimum atomic E-state index is -3.87. The van der Waals surface area contributed by atoms with E-state index in [0.717, 1.165) is 65.9 Å². The smallest absolute Gasteiger partial charge is 0.248 e. The molecule has 0 aliphatic heterocycles. The van der Waals surface area contributed by atoms with E-state index in [1.807, 2.05) is 94.1 Å². The molecule has 8 N–H and O–H groups in total. The molecule has 328 valence electrons. The van der Waals surface area contributed by atoms with Gasteiger partial charge in [0, 0.05) is 35.3 Å². The Labute approximate surface area is 378 Å². The molecule has 0 atom stereocenters. The van der Waals surface area contributed by atoms with Crippen molar-refractivity contribution in [2.75, 3.05) is 0 Å². The van der Waals surface area contributed by atoms with Crippen molar-refractivity contribution in [2.24, 2.45) is 21.7 Å². The van der Waals surface area contributed by atoms with E-state index in [0.29, 0.717) is 35.3 Å². The van der Waals surface area contributed by atoms with E-state index in [2.05, 4.69) is 9.97 Å². The van der Waals surface area contributed by atoms with E-state index in [1.165, 1.54) is 12.1 Å². The highest BCUT2D eigenvalue weighted by molar-refractivity contribution is 7.89. The first kappa shape index (κ1) is 43.2. The summed E-state index contributed by atoms with van der Waals surface area (Å²) in [6, 6.07) is 47.5. The Hall–Kier alpha value is -8.02. The number of rotatable bonds is 10. The number of hydrogen-bond donors (Lipinski definition) is 4. The molecule has 0 saturated carbocycles. The van der Waals surface area contributed by atoms with Crippen molar-refractivity contribution in [3.63, 3.8) is 0 Å². The fraction of sp³-hybridized carbons (Fsp3) is 0.0400. The van der Waals surface area contributed by atoms with Gasteiger partial charge in [-0.05, 0) is 117 Å². The Balaban J connectivity index is 0.000000166. The van der Waals surface area contributed by atoms with Crippen molar-refractivity contribution < 1.29 is 26.4 Å². The number of hydrogen-bond acceptors (Lipinski definition) is 8. The Morgan fingerprint density at radius 1 is 0.455 bits per heavy atom. The summed E-state index contributed by atoms with van der Waals surface area (Å²) in [6.07, 6.45) is 3.51. The molecular weight excluding hydrogens is 873 g/mol. The highest BCUT2D eigenvalue weighted by Crippen LogP contribution is 2.31. The number of carbonyl (C=O) groups is 2. The van der Waals surface area contributed by atoms with Crippen LogP contribution in [0.3, 0.4) is 0 Å². The van der Waals surface area contributed by atoms with Crippen LogP contribution in [0.25, 0.3) is 65.9 Å². The van der Waals surface area contributed by atoms with E-state index < -0.39 is 31.9 Å². The SMILES string of the molecule is NC(=O)c1ccc2ccc(Cn3cnc4cc(-c5ccccc5S(N)(=O)=O)ccc43)cc2c1.NC(=O)c1ccc2ccc(Cn3cnc4ccc(-c5ccccc5S(N)(=O)=O)cc43)cc2c1. The van der Waals surface area contributed by atoms with E-state index >= 15 is 0 Å². The summed E-state index contributed by atoms with van der Waals surface area (Å²) in [4.78, 5) is 32.2. The lowest BCUT2D eigenvalue weighted by Gasteiger charge is -2.10. The van der Waals surface area contributed by atoms with Gasteiger partial charge in [-0.25, -0.2) is 37.1 Å². The number of nitrogens with zero attached hydrogens (tertiary/aromatic N) is 4. The van der Waals surface area contributed by atoms with E-state index in [4.69, 9.17) is 21.7 Å². The predicted molar refractivity (Wildman–Crippen MR) is 256 cm³/mol. The lowest BCUT2D eigenvalue weighted by molar-refractivity contribution is 0.0992. The summed E-state index contributed by atoms with van der Waals surface area (Å²) < 4.78 is 52.1. The molecule has 2 aromatic heterocycles. The maximum Gasteiger partial charge on any atom is 0.248 e. The molecule has 14 nitrogen and oxygen atoms in total. The lowest BCUT2D eigenvalue weighted by atomic mass is 10.0. The second-order valence-corrected chi connectivity index (χ2v) is 18.8. The number of fused-ring (bicyclic) bond motifs is 4. The molecule has 2 heterocycles.